The Bertz CT molecular complexity index is 616. The third kappa shape index (κ3) is 5.08. The molecule has 1 unspecified atom stereocenters. The summed E-state index contributed by atoms with van der Waals surface area (Å²) in [6.45, 7) is 0.484. The lowest BCUT2D eigenvalue weighted by molar-refractivity contribution is 0.0946. The predicted molar refractivity (Wildman–Crippen MR) is 97.4 cm³/mol. The number of hydrogen-bond acceptors (Lipinski definition) is 5. The Kier molecular flexibility index (Phi) is 6.88. The lowest BCUT2D eigenvalue weighted by atomic mass is 10.2. The number of hydrogen-bond donors (Lipinski definition) is 2. The van der Waals surface area contributed by atoms with Crippen LogP contribution in [0.25, 0.3) is 0 Å². The van der Waals surface area contributed by atoms with Gasteiger partial charge in [0, 0.05) is 16.4 Å². The van der Waals surface area contributed by atoms with Crippen molar-refractivity contribution < 1.29 is 4.79 Å². The topological polar surface area (TPSA) is 68.0 Å². The second-order valence-corrected chi connectivity index (χ2v) is 7.56. The number of rotatable bonds is 7. The summed E-state index contributed by atoms with van der Waals surface area (Å²) in [5.41, 5.74) is 7.56. The first-order valence-electron chi connectivity index (χ1n) is 6.82. The molecule has 0 aliphatic rings. The lowest BCUT2D eigenvalue weighted by Crippen LogP contribution is -2.23. The Morgan fingerprint density at radius 2 is 2.18 bits per heavy atom. The number of nitrogens with one attached hydrogen (secondary N) is 1. The molecular formula is C15H18BrN3OS2. The summed E-state index contributed by atoms with van der Waals surface area (Å²) in [5, 5.41) is 5.47. The van der Waals surface area contributed by atoms with E-state index in [0.717, 1.165) is 27.2 Å². The van der Waals surface area contributed by atoms with Crippen LogP contribution in [0.3, 0.4) is 0 Å². The third-order valence-corrected chi connectivity index (χ3v) is 5.22. The van der Waals surface area contributed by atoms with Gasteiger partial charge >= 0.3 is 0 Å². The molecule has 7 heteroatoms. The van der Waals surface area contributed by atoms with E-state index in [1.54, 1.807) is 17.1 Å². The Morgan fingerprint density at radius 3 is 2.86 bits per heavy atom. The summed E-state index contributed by atoms with van der Waals surface area (Å²) >= 11 is 6.59. The van der Waals surface area contributed by atoms with Crippen molar-refractivity contribution in [2.75, 3.05) is 12.0 Å². The molecule has 1 amide bonds. The zero-order valence-electron chi connectivity index (χ0n) is 12.2. The molecule has 2 rings (SSSR count). The number of aromatic nitrogens is 1. The van der Waals surface area contributed by atoms with Crippen molar-refractivity contribution in [2.24, 2.45) is 5.73 Å². The number of nitrogens with two attached hydrogens (primary N) is 1. The van der Waals surface area contributed by atoms with Crippen LogP contribution in [0.2, 0.25) is 0 Å². The highest BCUT2D eigenvalue weighted by atomic mass is 79.9. The molecule has 22 heavy (non-hydrogen) atoms. The van der Waals surface area contributed by atoms with Crippen LogP contribution in [-0.2, 0) is 6.54 Å². The van der Waals surface area contributed by atoms with Gasteiger partial charge in [0.15, 0.2) is 0 Å². The van der Waals surface area contributed by atoms with Crippen molar-refractivity contribution in [2.45, 2.75) is 19.0 Å². The fourth-order valence-corrected chi connectivity index (χ4v) is 3.40. The van der Waals surface area contributed by atoms with Gasteiger partial charge in [0.2, 0.25) is 0 Å². The first-order chi connectivity index (χ1) is 10.6. The van der Waals surface area contributed by atoms with Crippen LogP contribution in [0, 0.1) is 0 Å². The Morgan fingerprint density at radius 1 is 1.45 bits per heavy atom. The number of halogens is 1. The molecular weight excluding hydrogens is 382 g/mol. The molecule has 0 saturated heterocycles. The molecule has 0 bridgehead atoms. The van der Waals surface area contributed by atoms with Crippen LogP contribution >= 0.6 is 39.0 Å². The minimum atomic E-state index is -0.164. The van der Waals surface area contributed by atoms with E-state index in [1.165, 1.54) is 11.3 Å². The molecule has 3 N–H and O–H groups in total. The van der Waals surface area contributed by atoms with Gasteiger partial charge in [-0.25, -0.2) is 4.98 Å². The maximum Gasteiger partial charge on any atom is 0.271 e. The molecule has 1 heterocycles. The van der Waals surface area contributed by atoms with Crippen LogP contribution in [0.5, 0.6) is 0 Å². The van der Waals surface area contributed by atoms with Crippen LogP contribution in [0.1, 0.15) is 33.5 Å². The van der Waals surface area contributed by atoms with Crippen LogP contribution in [0.15, 0.2) is 34.1 Å². The normalized spacial score (nSPS) is 12.1. The van der Waals surface area contributed by atoms with Gasteiger partial charge in [0.05, 0.1) is 6.04 Å². The number of thiazole rings is 1. The molecule has 0 saturated carbocycles. The first kappa shape index (κ1) is 17.5. The van der Waals surface area contributed by atoms with Gasteiger partial charge in [-0.1, -0.05) is 28.1 Å². The summed E-state index contributed by atoms with van der Waals surface area (Å²) in [7, 11) is 0. The lowest BCUT2D eigenvalue weighted by Gasteiger charge is -2.06. The van der Waals surface area contributed by atoms with Crippen molar-refractivity contribution >= 4 is 44.9 Å². The minimum Gasteiger partial charge on any atom is -0.347 e. The summed E-state index contributed by atoms with van der Waals surface area (Å²) < 4.78 is 1.02. The van der Waals surface area contributed by atoms with Crippen molar-refractivity contribution in [3.05, 3.63) is 50.4 Å². The van der Waals surface area contributed by atoms with Gasteiger partial charge in [-0.05, 0) is 36.1 Å². The zero-order chi connectivity index (χ0) is 15.9. The quantitative estimate of drug-likeness (QED) is 0.746. The summed E-state index contributed by atoms with van der Waals surface area (Å²) in [4.78, 5) is 16.5. The number of benzene rings is 1. The van der Waals surface area contributed by atoms with E-state index in [4.69, 9.17) is 5.73 Å². The van der Waals surface area contributed by atoms with Gasteiger partial charge in [0.25, 0.3) is 5.91 Å². The monoisotopic (exact) mass is 399 g/mol. The van der Waals surface area contributed by atoms with Gasteiger partial charge in [-0.2, -0.15) is 11.8 Å². The number of carbonyl (C=O) groups excluding carboxylic acids is 1. The second-order valence-electron chi connectivity index (χ2n) is 4.77. The van der Waals surface area contributed by atoms with Crippen molar-refractivity contribution in [1.82, 2.24) is 10.3 Å². The average molecular weight is 400 g/mol. The fraction of sp³-hybridized carbons (Fsp3) is 0.333. The number of amides is 1. The summed E-state index contributed by atoms with van der Waals surface area (Å²) in [5.74, 6) is 0.828. The fourth-order valence-electron chi connectivity index (χ4n) is 1.81. The van der Waals surface area contributed by atoms with E-state index in [1.807, 2.05) is 24.3 Å². The van der Waals surface area contributed by atoms with Crippen LogP contribution in [0.4, 0.5) is 0 Å². The average Bonchev–Trinajstić information content (AvgIpc) is 3.02. The zero-order valence-corrected chi connectivity index (χ0v) is 15.4. The third-order valence-electron chi connectivity index (χ3n) is 3.07. The summed E-state index contributed by atoms with van der Waals surface area (Å²) in [6, 6.07) is 7.75. The Hall–Kier alpha value is -0.890. The van der Waals surface area contributed by atoms with Crippen molar-refractivity contribution in [3.8, 4) is 0 Å². The molecule has 0 aliphatic heterocycles. The van der Waals surface area contributed by atoms with E-state index in [-0.39, 0.29) is 11.9 Å². The van der Waals surface area contributed by atoms with E-state index >= 15 is 0 Å². The van der Waals surface area contributed by atoms with Gasteiger partial charge in [0.1, 0.15) is 10.7 Å². The highest BCUT2D eigenvalue weighted by Gasteiger charge is 2.14. The SMILES string of the molecule is CSCCC(N)c1nc(C(=O)NCc2ccc(Br)cc2)cs1. The molecule has 0 spiro atoms. The predicted octanol–water partition coefficient (Wildman–Crippen LogP) is 3.59. The molecule has 2 aromatic rings. The highest BCUT2D eigenvalue weighted by Crippen LogP contribution is 2.20. The molecule has 0 fully saturated rings. The van der Waals surface area contributed by atoms with Crippen LogP contribution < -0.4 is 11.1 Å². The minimum absolute atomic E-state index is 0.0922. The van der Waals surface area contributed by atoms with Crippen molar-refractivity contribution in [1.29, 1.82) is 0 Å². The van der Waals surface area contributed by atoms with Gasteiger partial charge in [-0.15, -0.1) is 11.3 Å². The number of nitrogens with zero attached hydrogens (tertiary/aromatic N) is 1. The standard InChI is InChI=1S/C15H18BrN3OS2/c1-21-7-6-12(17)15-19-13(9-22-15)14(20)18-8-10-2-4-11(16)5-3-10/h2-5,9,12H,6-8,17H2,1H3,(H,18,20). The second kappa shape index (κ2) is 8.67. The number of thioether (sulfide) groups is 1. The molecule has 118 valence electrons. The van der Waals surface area contributed by atoms with E-state index < -0.39 is 0 Å². The molecule has 1 aromatic heterocycles. The van der Waals surface area contributed by atoms with Crippen molar-refractivity contribution in [3.63, 3.8) is 0 Å². The van der Waals surface area contributed by atoms with Gasteiger partial charge < -0.3 is 11.1 Å². The molecule has 4 nitrogen and oxygen atoms in total. The van der Waals surface area contributed by atoms with E-state index in [9.17, 15) is 4.79 Å². The molecule has 1 aromatic carbocycles. The maximum absolute atomic E-state index is 12.1. The first-order valence-corrected chi connectivity index (χ1v) is 9.89. The van der Waals surface area contributed by atoms with Gasteiger partial charge in [-0.3, -0.25) is 4.79 Å². The Balaban J connectivity index is 1.90. The maximum atomic E-state index is 12.1. The largest absolute Gasteiger partial charge is 0.347 e. The van der Waals surface area contributed by atoms with E-state index in [0.29, 0.717) is 12.2 Å². The molecule has 1 atom stereocenters. The molecule has 0 aliphatic carbocycles. The highest BCUT2D eigenvalue weighted by molar-refractivity contribution is 9.10. The Labute approximate surface area is 147 Å². The molecule has 0 radical (unpaired) electrons. The summed E-state index contributed by atoms with van der Waals surface area (Å²) in [6.07, 6.45) is 2.92. The number of carbonyl (C=O) groups is 1. The smallest absolute Gasteiger partial charge is 0.271 e. The van der Waals surface area contributed by atoms with Crippen LogP contribution in [-0.4, -0.2) is 22.9 Å². The van der Waals surface area contributed by atoms with E-state index in [2.05, 4.69) is 32.5 Å².